The summed E-state index contributed by atoms with van der Waals surface area (Å²) in [5, 5.41) is 8.00. The normalized spacial score (nSPS) is 12.0. The summed E-state index contributed by atoms with van der Waals surface area (Å²) in [4.78, 5) is 4.16. The number of fused-ring (bicyclic) bond motifs is 1. The zero-order valence-electron chi connectivity index (χ0n) is 13.4. The first-order valence-electron chi connectivity index (χ1n) is 7.91. The van der Waals surface area contributed by atoms with E-state index in [2.05, 4.69) is 15.2 Å². The molecule has 8 heteroatoms. The van der Waals surface area contributed by atoms with Crippen LogP contribution in [-0.2, 0) is 19.0 Å². The van der Waals surface area contributed by atoms with Crippen LogP contribution in [0.1, 0.15) is 17.0 Å². The van der Waals surface area contributed by atoms with Crippen molar-refractivity contribution >= 4 is 5.65 Å². The topological polar surface area (TPSA) is 56.2 Å². The molecule has 0 aliphatic carbocycles. The summed E-state index contributed by atoms with van der Waals surface area (Å²) in [6.45, 7) is 0. The molecule has 0 unspecified atom stereocenters. The number of hydrogen-bond acceptors (Lipinski definition) is 4. The predicted molar refractivity (Wildman–Crippen MR) is 87.3 cm³/mol. The van der Waals surface area contributed by atoms with Crippen LogP contribution in [0.4, 0.5) is 13.2 Å². The van der Waals surface area contributed by atoms with E-state index in [-0.39, 0.29) is 0 Å². The average Bonchev–Trinajstić information content (AvgIpc) is 3.28. The molecule has 0 atom stereocenters. The Bertz CT molecular complexity index is 1050. The first-order chi connectivity index (χ1) is 12.5. The smallest absolute Gasteiger partial charge is 0.416 e. The standard InChI is InChI=1S/C18H13F3N4O/c19-18(20,21)14-3-1-2-12(10-14)4-7-16-23-24-17(26-16)13-5-6-15-22-8-9-25(15)11-13/h1-3,5-6,8-11H,4,7H2. The second-order valence-electron chi connectivity index (χ2n) is 5.81. The van der Waals surface area contributed by atoms with Gasteiger partial charge in [-0.25, -0.2) is 4.98 Å². The van der Waals surface area contributed by atoms with E-state index in [9.17, 15) is 13.2 Å². The maximum Gasteiger partial charge on any atom is 0.416 e. The zero-order valence-corrected chi connectivity index (χ0v) is 13.4. The van der Waals surface area contributed by atoms with Crippen molar-refractivity contribution in [3.63, 3.8) is 0 Å². The fourth-order valence-electron chi connectivity index (χ4n) is 2.67. The molecule has 0 saturated heterocycles. The Labute approximate surface area is 146 Å². The molecule has 0 aliphatic rings. The lowest BCUT2D eigenvalue weighted by Gasteiger charge is -2.07. The number of halogens is 3. The molecule has 0 aliphatic heterocycles. The Morgan fingerprint density at radius 2 is 1.92 bits per heavy atom. The molecule has 0 saturated carbocycles. The van der Waals surface area contributed by atoms with E-state index in [4.69, 9.17) is 4.42 Å². The van der Waals surface area contributed by atoms with Gasteiger partial charge in [0.2, 0.25) is 11.8 Å². The van der Waals surface area contributed by atoms with E-state index in [1.165, 1.54) is 6.07 Å². The molecule has 0 radical (unpaired) electrons. The number of nitrogens with zero attached hydrogens (tertiary/aromatic N) is 4. The summed E-state index contributed by atoms with van der Waals surface area (Å²) in [7, 11) is 0. The van der Waals surface area contributed by atoms with Crippen molar-refractivity contribution in [2.24, 2.45) is 0 Å². The van der Waals surface area contributed by atoms with Crippen molar-refractivity contribution in [3.8, 4) is 11.5 Å². The van der Waals surface area contributed by atoms with Gasteiger partial charge in [0.05, 0.1) is 11.1 Å². The highest BCUT2D eigenvalue weighted by Gasteiger charge is 2.30. The molecule has 132 valence electrons. The van der Waals surface area contributed by atoms with Gasteiger partial charge in [-0.2, -0.15) is 13.2 Å². The Hall–Kier alpha value is -3.16. The highest BCUT2D eigenvalue weighted by Crippen LogP contribution is 2.29. The summed E-state index contributed by atoms with van der Waals surface area (Å²) < 4.78 is 45.8. The van der Waals surface area contributed by atoms with Crippen LogP contribution < -0.4 is 0 Å². The molecule has 0 amide bonds. The Morgan fingerprint density at radius 3 is 2.77 bits per heavy atom. The molecule has 0 fully saturated rings. The lowest BCUT2D eigenvalue weighted by atomic mass is 10.1. The Morgan fingerprint density at radius 1 is 1.04 bits per heavy atom. The summed E-state index contributed by atoms with van der Waals surface area (Å²) >= 11 is 0. The van der Waals surface area contributed by atoms with Gasteiger partial charge in [0.15, 0.2) is 0 Å². The van der Waals surface area contributed by atoms with Crippen LogP contribution in [0.15, 0.2) is 59.4 Å². The molecular weight excluding hydrogens is 345 g/mol. The second kappa shape index (κ2) is 6.29. The van der Waals surface area contributed by atoms with Crippen molar-refractivity contribution < 1.29 is 17.6 Å². The summed E-state index contributed by atoms with van der Waals surface area (Å²) in [6, 6.07) is 8.91. The number of rotatable bonds is 4. The Balaban J connectivity index is 1.48. The minimum absolute atomic E-state index is 0.361. The number of pyridine rings is 1. The highest BCUT2D eigenvalue weighted by molar-refractivity contribution is 5.55. The molecule has 3 heterocycles. The fraction of sp³-hybridized carbons (Fsp3) is 0.167. The van der Waals surface area contributed by atoms with E-state index in [0.29, 0.717) is 30.2 Å². The van der Waals surface area contributed by atoms with Gasteiger partial charge in [-0.15, -0.1) is 10.2 Å². The number of aromatic nitrogens is 4. The van der Waals surface area contributed by atoms with Gasteiger partial charge in [-0.3, -0.25) is 0 Å². The number of benzene rings is 1. The number of hydrogen-bond donors (Lipinski definition) is 0. The van der Waals surface area contributed by atoms with Crippen LogP contribution in [0.5, 0.6) is 0 Å². The number of alkyl halides is 3. The average molecular weight is 358 g/mol. The second-order valence-corrected chi connectivity index (χ2v) is 5.81. The van der Waals surface area contributed by atoms with Crippen molar-refractivity contribution in [1.82, 2.24) is 19.6 Å². The monoisotopic (exact) mass is 358 g/mol. The van der Waals surface area contributed by atoms with Crippen LogP contribution in [0.25, 0.3) is 17.1 Å². The lowest BCUT2D eigenvalue weighted by molar-refractivity contribution is -0.137. The van der Waals surface area contributed by atoms with Crippen LogP contribution in [0.3, 0.4) is 0 Å². The minimum atomic E-state index is -4.35. The predicted octanol–water partition coefficient (Wildman–Crippen LogP) is 4.19. The molecule has 0 N–H and O–H groups in total. The summed E-state index contributed by atoms with van der Waals surface area (Å²) in [5.41, 5.74) is 1.46. The number of aryl methyl sites for hydroxylation is 2. The lowest BCUT2D eigenvalue weighted by Crippen LogP contribution is -2.05. The quantitative estimate of drug-likeness (QED) is 0.549. The first kappa shape index (κ1) is 16.3. The van der Waals surface area contributed by atoms with Crippen LogP contribution >= 0.6 is 0 Å². The molecule has 5 nitrogen and oxygen atoms in total. The van der Waals surface area contributed by atoms with Crippen molar-refractivity contribution in [1.29, 1.82) is 0 Å². The van der Waals surface area contributed by atoms with Gasteiger partial charge in [-0.1, -0.05) is 18.2 Å². The van der Waals surface area contributed by atoms with Crippen molar-refractivity contribution in [3.05, 3.63) is 72.0 Å². The minimum Gasteiger partial charge on any atom is -0.421 e. The molecular formula is C18H13F3N4O. The van der Waals surface area contributed by atoms with Gasteiger partial charge >= 0.3 is 6.18 Å². The van der Waals surface area contributed by atoms with E-state index in [0.717, 1.165) is 23.3 Å². The van der Waals surface area contributed by atoms with Crippen LogP contribution in [0.2, 0.25) is 0 Å². The Kier molecular flexibility index (Phi) is 3.95. The maximum atomic E-state index is 12.8. The third kappa shape index (κ3) is 3.30. The molecule has 1 aromatic carbocycles. The zero-order chi connectivity index (χ0) is 18.1. The molecule has 4 rings (SSSR count). The van der Waals surface area contributed by atoms with Gasteiger partial charge in [0.25, 0.3) is 0 Å². The van der Waals surface area contributed by atoms with Crippen molar-refractivity contribution in [2.75, 3.05) is 0 Å². The van der Waals surface area contributed by atoms with Gasteiger partial charge in [-0.05, 0) is 30.2 Å². The van der Waals surface area contributed by atoms with Gasteiger partial charge in [0, 0.05) is 25.0 Å². The van der Waals surface area contributed by atoms with Crippen molar-refractivity contribution in [2.45, 2.75) is 19.0 Å². The highest BCUT2D eigenvalue weighted by atomic mass is 19.4. The maximum absolute atomic E-state index is 12.8. The summed E-state index contributed by atoms with van der Waals surface area (Å²) in [6.07, 6.45) is 1.72. The molecule has 4 aromatic rings. The van der Waals surface area contributed by atoms with Crippen LogP contribution in [-0.4, -0.2) is 19.6 Å². The molecule has 26 heavy (non-hydrogen) atoms. The fourth-order valence-corrected chi connectivity index (χ4v) is 2.67. The third-order valence-corrected chi connectivity index (χ3v) is 3.98. The largest absolute Gasteiger partial charge is 0.421 e. The van der Waals surface area contributed by atoms with Gasteiger partial charge < -0.3 is 8.82 Å². The molecule has 3 aromatic heterocycles. The molecule has 0 bridgehead atoms. The third-order valence-electron chi connectivity index (χ3n) is 3.98. The number of imidazole rings is 1. The SMILES string of the molecule is FC(F)(F)c1cccc(CCc2nnc(-c3ccc4nccn4c3)o2)c1. The molecule has 0 spiro atoms. The van der Waals surface area contributed by atoms with E-state index < -0.39 is 11.7 Å². The first-order valence-corrected chi connectivity index (χ1v) is 7.91. The van der Waals surface area contributed by atoms with Crippen LogP contribution in [0, 0.1) is 0 Å². The van der Waals surface area contributed by atoms with Gasteiger partial charge in [0.1, 0.15) is 5.65 Å². The van der Waals surface area contributed by atoms with E-state index >= 15 is 0 Å². The van der Waals surface area contributed by atoms with E-state index in [1.807, 2.05) is 28.9 Å². The van der Waals surface area contributed by atoms with E-state index in [1.54, 1.807) is 12.3 Å². The summed E-state index contributed by atoms with van der Waals surface area (Å²) in [5.74, 6) is 0.739.